The molecule has 4 rings (SSSR count). The van der Waals surface area contributed by atoms with E-state index in [0.717, 1.165) is 42.4 Å². The minimum Gasteiger partial charge on any atom is -0.386 e. The van der Waals surface area contributed by atoms with Crippen LogP contribution in [0.1, 0.15) is 27.0 Å². The average molecular weight is 414 g/mol. The van der Waals surface area contributed by atoms with Crippen molar-refractivity contribution < 1.29 is 14.6 Å². The molecule has 1 saturated heterocycles. The number of thiophene rings is 1. The summed E-state index contributed by atoms with van der Waals surface area (Å²) in [6.45, 7) is 3.96. The molecule has 0 saturated carbocycles. The van der Waals surface area contributed by atoms with E-state index in [9.17, 15) is 9.90 Å². The van der Waals surface area contributed by atoms with Crippen LogP contribution in [0.5, 0.6) is 0 Å². The molecule has 9 heteroatoms. The van der Waals surface area contributed by atoms with Crippen molar-refractivity contribution in [3.05, 3.63) is 64.1 Å². The minimum atomic E-state index is -0.669. The lowest BCUT2D eigenvalue weighted by Gasteiger charge is -2.28. The van der Waals surface area contributed by atoms with E-state index in [-0.39, 0.29) is 18.1 Å². The molecule has 152 valence electrons. The van der Waals surface area contributed by atoms with Crippen LogP contribution in [0.15, 0.2) is 48.0 Å². The van der Waals surface area contributed by atoms with Crippen LogP contribution < -0.4 is 10.2 Å². The molecule has 0 spiro atoms. The third-order valence-corrected chi connectivity index (χ3v) is 5.74. The van der Waals surface area contributed by atoms with E-state index in [1.807, 2.05) is 29.6 Å². The third kappa shape index (κ3) is 5.00. The van der Waals surface area contributed by atoms with Crippen molar-refractivity contribution in [3.8, 4) is 0 Å². The molecule has 0 unspecified atom stereocenters. The number of hydrogen-bond acceptors (Lipinski definition) is 7. The fourth-order valence-electron chi connectivity index (χ4n) is 3.16. The van der Waals surface area contributed by atoms with Crippen LogP contribution in [0.2, 0.25) is 0 Å². The van der Waals surface area contributed by atoms with Crippen molar-refractivity contribution >= 4 is 22.9 Å². The first-order chi connectivity index (χ1) is 14.2. The first kappa shape index (κ1) is 19.6. The molecule has 8 nitrogen and oxygen atoms in total. The lowest BCUT2D eigenvalue weighted by atomic mass is 10.2. The lowest BCUT2D eigenvalue weighted by molar-refractivity contribution is 0.0945. The van der Waals surface area contributed by atoms with Gasteiger partial charge in [-0.15, -0.1) is 16.4 Å². The smallest absolute Gasteiger partial charge is 0.273 e. The number of aliphatic hydroxyl groups excluding tert-OH is 1. The van der Waals surface area contributed by atoms with Crippen molar-refractivity contribution in [2.75, 3.05) is 31.2 Å². The highest BCUT2D eigenvalue weighted by Gasteiger charge is 2.15. The van der Waals surface area contributed by atoms with Crippen molar-refractivity contribution in [3.63, 3.8) is 0 Å². The van der Waals surface area contributed by atoms with Crippen LogP contribution in [0.25, 0.3) is 0 Å². The molecule has 0 radical (unpaired) electrons. The van der Waals surface area contributed by atoms with Gasteiger partial charge in [0.1, 0.15) is 6.10 Å². The molecule has 1 fully saturated rings. The highest BCUT2D eigenvalue weighted by atomic mass is 32.1. The van der Waals surface area contributed by atoms with E-state index in [0.29, 0.717) is 6.54 Å². The fourth-order valence-corrected chi connectivity index (χ4v) is 3.86. The second-order valence-electron chi connectivity index (χ2n) is 6.81. The maximum absolute atomic E-state index is 12.4. The molecule has 0 bridgehead atoms. The maximum atomic E-state index is 12.4. The zero-order valence-corrected chi connectivity index (χ0v) is 16.7. The van der Waals surface area contributed by atoms with E-state index in [1.54, 1.807) is 6.20 Å². The van der Waals surface area contributed by atoms with Crippen molar-refractivity contribution in [1.29, 1.82) is 0 Å². The summed E-state index contributed by atoms with van der Waals surface area (Å²) in [7, 11) is 0. The number of nitrogens with zero attached hydrogens (tertiary/aromatic N) is 4. The Bertz CT molecular complexity index is 920. The van der Waals surface area contributed by atoms with Crippen LogP contribution in [0.4, 0.5) is 5.69 Å². The molecule has 1 atom stereocenters. The van der Waals surface area contributed by atoms with Crippen molar-refractivity contribution in [2.24, 2.45) is 0 Å². The van der Waals surface area contributed by atoms with E-state index in [2.05, 4.69) is 32.7 Å². The van der Waals surface area contributed by atoms with E-state index in [4.69, 9.17) is 4.74 Å². The first-order valence-corrected chi connectivity index (χ1v) is 10.4. The summed E-state index contributed by atoms with van der Waals surface area (Å²) in [5, 5.41) is 22.8. The molecule has 1 aliphatic heterocycles. The predicted molar refractivity (Wildman–Crippen MR) is 110 cm³/mol. The molecule has 0 aliphatic carbocycles. The number of carbonyl (C=O) groups excluding carboxylic acids is 1. The molecule has 2 N–H and O–H groups in total. The fraction of sp³-hybridized carbons (Fsp3) is 0.350. The second kappa shape index (κ2) is 9.17. The Labute approximate surface area is 172 Å². The maximum Gasteiger partial charge on any atom is 0.273 e. The van der Waals surface area contributed by atoms with Crippen LogP contribution in [0, 0.1) is 0 Å². The van der Waals surface area contributed by atoms with Gasteiger partial charge in [-0.05, 0) is 29.1 Å². The number of aliphatic hydroxyl groups is 1. The SMILES string of the molecule is O=C(NCc1ccc(N2CCOCC2)cc1)c1cn(C[C@@H](O)c2cccs2)nn1. The van der Waals surface area contributed by atoms with Crippen LogP contribution >= 0.6 is 11.3 Å². The summed E-state index contributed by atoms with van der Waals surface area (Å²) in [5.74, 6) is -0.292. The van der Waals surface area contributed by atoms with Gasteiger partial charge in [-0.25, -0.2) is 4.68 Å². The van der Waals surface area contributed by atoms with Gasteiger partial charge in [-0.1, -0.05) is 23.4 Å². The first-order valence-electron chi connectivity index (χ1n) is 9.50. The number of benzene rings is 1. The molecule has 2 aromatic heterocycles. The average Bonchev–Trinajstić information content (AvgIpc) is 3.45. The summed E-state index contributed by atoms with van der Waals surface area (Å²) >= 11 is 1.48. The molecule has 3 heterocycles. The molecule has 3 aromatic rings. The predicted octanol–water partition coefficient (Wildman–Crippen LogP) is 1.84. The quantitative estimate of drug-likeness (QED) is 0.614. The highest BCUT2D eigenvalue weighted by molar-refractivity contribution is 7.10. The molecule has 29 heavy (non-hydrogen) atoms. The van der Waals surface area contributed by atoms with Gasteiger partial charge < -0.3 is 20.1 Å². The van der Waals surface area contributed by atoms with Crippen LogP contribution in [-0.4, -0.2) is 52.3 Å². The normalized spacial score (nSPS) is 15.3. The Morgan fingerprint density at radius 2 is 2.03 bits per heavy atom. The summed E-state index contributed by atoms with van der Waals surface area (Å²) < 4.78 is 6.86. The Kier molecular flexibility index (Phi) is 6.18. The third-order valence-electron chi connectivity index (χ3n) is 4.77. The van der Waals surface area contributed by atoms with Crippen molar-refractivity contribution in [2.45, 2.75) is 19.2 Å². The van der Waals surface area contributed by atoms with Gasteiger partial charge >= 0.3 is 0 Å². The monoisotopic (exact) mass is 413 g/mol. The standard InChI is InChI=1S/C20H23N5O3S/c26-18(19-2-1-11-29-19)14-25-13-17(22-23-25)20(27)21-12-15-3-5-16(6-4-15)24-7-9-28-10-8-24/h1-6,11,13,18,26H,7-10,12,14H2,(H,21,27)/t18-/m1/s1. The Balaban J connectivity index is 1.29. The molecule has 1 amide bonds. The van der Waals surface area contributed by atoms with Gasteiger partial charge in [0.05, 0.1) is 26.0 Å². The number of anilines is 1. The summed E-state index contributed by atoms with van der Waals surface area (Å²) in [6, 6.07) is 11.9. The highest BCUT2D eigenvalue weighted by Crippen LogP contribution is 2.20. The summed E-state index contributed by atoms with van der Waals surface area (Å²) in [6.07, 6.45) is 0.880. The van der Waals surface area contributed by atoms with Gasteiger partial charge in [-0.2, -0.15) is 0 Å². The number of amides is 1. The number of rotatable bonds is 7. The number of ether oxygens (including phenoxy) is 1. The number of carbonyl (C=O) groups is 1. The molecular formula is C20H23N5O3S. The number of morpholine rings is 1. The van der Waals surface area contributed by atoms with Gasteiger partial charge in [0.25, 0.3) is 5.91 Å². The number of nitrogens with one attached hydrogen (secondary N) is 1. The Morgan fingerprint density at radius 3 is 2.76 bits per heavy atom. The second-order valence-corrected chi connectivity index (χ2v) is 7.78. The van der Waals surface area contributed by atoms with Gasteiger partial charge in [0.2, 0.25) is 0 Å². The number of aromatic nitrogens is 3. The minimum absolute atomic E-state index is 0.230. The molecule has 1 aromatic carbocycles. The zero-order valence-electron chi connectivity index (χ0n) is 15.9. The van der Waals surface area contributed by atoms with E-state index < -0.39 is 6.10 Å². The molecule has 1 aliphatic rings. The van der Waals surface area contributed by atoms with E-state index in [1.165, 1.54) is 16.0 Å². The van der Waals surface area contributed by atoms with Crippen LogP contribution in [0.3, 0.4) is 0 Å². The topological polar surface area (TPSA) is 92.5 Å². The Hall–Kier alpha value is -2.75. The largest absolute Gasteiger partial charge is 0.386 e. The van der Waals surface area contributed by atoms with Gasteiger partial charge in [0, 0.05) is 30.2 Å². The Morgan fingerprint density at radius 1 is 1.24 bits per heavy atom. The summed E-state index contributed by atoms with van der Waals surface area (Å²) in [4.78, 5) is 15.5. The van der Waals surface area contributed by atoms with Gasteiger partial charge in [0.15, 0.2) is 5.69 Å². The van der Waals surface area contributed by atoms with Gasteiger partial charge in [-0.3, -0.25) is 4.79 Å². The summed E-state index contributed by atoms with van der Waals surface area (Å²) in [5.41, 5.74) is 2.40. The molecular weight excluding hydrogens is 390 g/mol. The van der Waals surface area contributed by atoms with Crippen LogP contribution in [-0.2, 0) is 17.8 Å². The number of hydrogen-bond donors (Lipinski definition) is 2. The van der Waals surface area contributed by atoms with E-state index >= 15 is 0 Å². The lowest BCUT2D eigenvalue weighted by Crippen LogP contribution is -2.36. The van der Waals surface area contributed by atoms with Crippen molar-refractivity contribution in [1.82, 2.24) is 20.3 Å². The zero-order chi connectivity index (χ0) is 20.1.